The van der Waals surface area contributed by atoms with Crippen molar-refractivity contribution in [3.8, 4) is 11.5 Å². The van der Waals surface area contributed by atoms with Gasteiger partial charge in [-0.15, -0.1) is 0 Å². The summed E-state index contributed by atoms with van der Waals surface area (Å²) in [6, 6.07) is 19.2. The van der Waals surface area contributed by atoms with Gasteiger partial charge in [-0.2, -0.15) is 0 Å². The molecule has 0 radical (unpaired) electrons. The van der Waals surface area contributed by atoms with Crippen molar-refractivity contribution in [1.29, 1.82) is 0 Å². The molecule has 3 aromatic rings. The Labute approximate surface area is 189 Å². The molecule has 170 valence electrons. The minimum absolute atomic E-state index is 0.0225. The molecule has 0 aliphatic heterocycles. The zero-order valence-corrected chi connectivity index (χ0v) is 19.1. The number of nitrogen functional groups attached to an aromatic ring is 1. The normalized spacial score (nSPS) is 12.2. The third-order valence-corrected chi connectivity index (χ3v) is 5.92. The maximum absolute atomic E-state index is 12.0. The maximum Gasteiger partial charge on any atom is 0.238 e. The average molecular weight is 456 g/mol. The number of nitrogens with two attached hydrogens (primary N) is 2. The van der Waals surface area contributed by atoms with E-state index in [9.17, 15) is 8.42 Å². The van der Waals surface area contributed by atoms with Gasteiger partial charge >= 0.3 is 0 Å². The Bertz CT molecular complexity index is 1150. The van der Waals surface area contributed by atoms with Crippen molar-refractivity contribution in [1.82, 2.24) is 0 Å². The zero-order valence-electron chi connectivity index (χ0n) is 18.2. The standard InChI is InChI=1S/C24H29N3O4S/c1-3-4-14-27-23-16-18(25)8-13-22(23)24(31-20-11-9-19(30-2)10-12-20)17-6-5-7-21(15-17)32(26,28)29/h5-13,15-16,24,27H,3-4,14,25H2,1-2H3,(H2,26,28,29). The minimum atomic E-state index is -3.87. The number of methoxy groups -OCH3 is 1. The third kappa shape index (κ3) is 5.93. The van der Waals surface area contributed by atoms with E-state index in [1.807, 2.05) is 18.2 Å². The molecule has 1 atom stereocenters. The summed E-state index contributed by atoms with van der Waals surface area (Å²) in [6.07, 6.45) is 1.45. The fraction of sp³-hybridized carbons (Fsp3) is 0.250. The average Bonchev–Trinajstić information content (AvgIpc) is 2.78. The fourth-order valence-electron chi connectivity index (χ4n) is 3.31. The van der Waals surface area contributed by atoms with Gasteiger partial charge in [-0.25, -0.2) is 13.6 Å². The van der Waals surface area contributed by atoms with E-state index in [4.69, 9.17) is 20.3 Å². The van der Waals surface area contributed by atoms with Crippen LogP contribution in [0.15, 0.2) is 71.6 Å². The first-order chi connectivity index (χ1) is 15.3. The van der Waals surface area contributed by atoms with E-state index in [1.54, 1.807) is 43.5 Å². The molecule has 0 amide bonds. The molecule has 0 fully saturated rings. The lowest BCUT2D eigenvalue weighted by atomic mass is 9.98. The topological polar surface area (TPSA) is 117 Å². The predicted octanol–water partition coefficient (Wildman–Crippen LogP) is 4.31. The van der Waals surface area contributed by atoms with Crippen LogP contribution < -0.4 is 25.7 Å². The number of primary sulfonamides is 1. The third-order valence-electron chi connectivity index (χ3n) is 5.01. The van der Waals surface area contributed by atoms with Crippen LogP contribution in [-0.4, -0.2) is 22.1 Å². The number of unbranched alkanes of at least 4 members (excludes halogenated alkanes) is 1. The molecule has 3 rings (SSSR count). The van der Waals surface area contributed by atoms with Crippen LogP contribution in [0.25, 0.3) is 0 Å². The van der Waals surface area contributed by atoms with Crippen LogP contribution in [0.4, 0.5) is 11.4 Å². The van der Waals surface area contributed by atoms with E-state index in [-0.39, 0.29) is 4.90 Å². The molecule has 5 N–H and O–H groups in total. The number of hydrogen-bond acceptors (Lipinski definition) is 6. The van der Waals surface area contributed by atoms with E-state index in [2.05, 4.69) is 12.2 Å². The van der Waals surface area contributed by atoms with Gasteiger partial charge in [0.05, 0.1) is 12.0 Å². The molecule has 0 aliphatic carbocycles. The number of benzene rings is 3. The van der Waals surface area contributed by atoms with Gasteiger partial charge in [0.25, 0.3) is 0 Å². The van der Waals surface area contributed by atoms with Gasteiger partial charge in [-0.1, -0.05) is 31.5 Å². The quantitative estimate of drug-likeness (QED) is 0.310. The van der Waals surface area contributed by atoms with Crippen molar-refractivity contribution >= 4 is 21.4 Å². The summed E-state index contributed by atoms with van der Waals surface area (Å²) in [5.74, 6) is 1.31. The van der Waals surface area contributed by atoms with Crippen molar-refractivity contribution in [3.63, 3.8) is 0 Å². The number of rotatable bonds is 10. The van der Waals surface area contributed by atoms with Gasteiger partial charge in [0.15, 0.2) is 6.10 Å². The molecule has 0 aliphatic rings. The molecule has 0 bridgehead atoms. The second-order valence-electron chi connectivity index (χ2n) is 7.42. The second-order valence-corrected chi connectivity index (χ2v) is 8.98. The molecule has 0 heterocycles. The van der Waals surface area contributed by atoms with Crippen molar-refractivity contribution in [3.05, 3.63) is 77.9 Å². The van der Waals surface area contributed by atoms with Crippen molar-refractivity contribution < 1.29 is 17.9 Å². The van der Waals surface area contributed by atoms with E-state index < -0.39 is 16.1 Å². The number of sulfonamides is 1. The van der Waals surface area contributed by atoms with Crippen LogP contribution in [-0.2, 0) is 10.0 Å². The largest absolute Gasteiger partial charge is 0.497 e. The molecule has 0 aromatic heterocycles. The molecule has 32 heavy (non-hydrogen) atoms. The van der Waals surface area contributed by atoms with Crippen LogP contribution in [0, 0.1) is 0 Å². The van der Waals surface area contributed by atoms with Crippen LogP contribution in [0.3, 0.4) is 0 Å². The van der Waals surface area contributed by atoms with Gasteiger partial charge < -0.3 is 20.5 Å². The predicted molar refractivity (Wildman–Crippen MR) is 128 cm³/mol. The number of anilines is 2. The van der Waals surface area contributed by atoms with E-state index in [0.29, 0.717) is 22.7 Å². The highest BCUT2D eigenvalue weighted by Gasteiger charge is 2.22. The van der Waals surface area contributed by atoms with E-state index >= 15 is 0 Å². The Balaban J connectivity index is 2.08. The molecule has 0 saturated heterocycles. The summed E-state index contributed by atoms with van der Waals surface area (Å²) in [5.41, 5.74) is 8.98. The Kier molecular flexibility index (Phi) is 7.61. The SMILES string of the molecule is CCCCNc1cc(N)ccc1C(Oc1ccc(OC)cc1)c1cccc(S(N)(=O)=O)c1. The van der Waals surface area contributed by atoms with Crippen molar-refractivity contribution in [2.45, 2.75) is 30.8 Å². The highest BCUT2D eigenvalue weighted by atomic mass is 32.2. The van der Waals surface area contributed by atoms with Crippen LogP contribution in [0.2, 0.25) is 0 Å². The van der Waals surface area contributed by atoms with Crippen molar-refractivity contribution in [2.24, 2.45) is 5.14 Å². The molecular formula is C24H29N3O4S. The first kappa shape index (κ1) is 23.4. The lowest BCUT2D eigenvalue weighted by Crippen LogP contribution is -2.16. The highest BCUT2D eigenvalue weighted by Crippen LogP contribution is 2.35. The molecule has 3 aromatic carbocycles. The van der Waals surface area contributed by atoms with Gasteiger partial charge in [-0.3, -0.25) is 0 Å². The van der Waals surface area contributed by atoms with Crippen LogP contribution >= 0.6 is 0 Å². The van der Waals surface area contributed by atoms with Gasteiger partial charge in [0.2, 0.25) is 10.0 Å². The Hall–Kier alpha value is -3.23. The number of hydrogen-bond donors (Lipinski definition) is 3. The second kappa shape index (κ2) is 10.4. The van der Waals surface area contributed by atoms with Crippen LogP contribution in [0.5, 0.6) is 11.5 Å². The monoisotopic (exact) mass is 455 g/mol. The van der Waals surface area contributed by atoms with Gasteiger partial charge in [-0.05, 0) is 60.5 Å². The summed E-state index contributed by atoms with van der Waals surface area (Å²) in [7, 11) is -2.27. The number of ether oxygens (including phenoxy) is 2. The molecule has 8 heteroatoms. The molecule has 0 spiro atoms. The lowest BCUT2D eigenvalue weighted by molar-refractivity contribution is 0.247. The molecule has 7 nitrogen and oxygen atoms in total. The Morgan fingerprint density at radius 3 is 2.38 bits per heavy atom. The lowest BCUT2D eigenvalue weighted by Gasteiger charge is -2.24. The van der Waals surface area contributed by atoms with Crippen molar-refractivity contribution in [2.75, 3.05) is 24.7 Å². The summed E-state index contributed by atoms with van der Waals surface area (Å²) in [4.78, 5) is 0.0225. The fourth-order valence-corrected chi connectivity index (χ4v) is 3.88. The molecular weight excluding hydrogens is 426 g/mol. The highest BCUT2D eigenvalue weighted by molar-refractivity contribution is 7.89. The number of nitrogens with one attached hydrogen (secondary N) is 1. The first-order valence-corrected chi connectivity index (χ1v) is 11.9. The summed E-state index contributed by atoms with van der Waals surface area (Å²) < 4.78 is 35.5. The molecule has 0 saturated carbocycles. The smallest absolute Gasteiger partial charge is 0.238 e. The minimum Gasteiger partial charge on any atom is -0.497 e. The van der Waals surface area contributed by atoms with E-state index in [0.717, 1.165) is 30.6 Å². The zero-order chi connectivity index (χ0) is 23.1. The summed E-state index contributed by atoms with van der Waals surface area (Å²) >= 11 is 0. The summed E-state index contributed by atoms with van der Waals surface area (Å²) in [6.45, 7) is 2.90. The summed E-state index contributed by atoms with van der Waals surface area (Å²) in [5, 5.41) is 8.80. The Morgan fingerprint density at radius 1 is 1.00 bits per heavy atom. The van der Waals surface area contributed by atoms with Crippen LogP contribution in [0.1, 0.15) is 37.0 Å². The van der Waals surface area contributed by atoms with Gasteiger partial charge in [0.1, 0.15) is 11.5 Å². The molecule has 1 unspecified atom stereocenters. The van der Waals surface area contributed by atoms with Gasteiger partial charge in [0, 0.05) is 23.5 Å². The first-order valence-electron chi connectivity index (χ1n) is 10.4. The van der Waals surface area contributed by atoms with E-state index in [1.165, 1.54) is 12.1 Å². The Morgan fingerprint density at radius 2 is 1.72 bits per heavy atom. The maximum atomic E-state index is 12.0.